The molecule has 7 nitrogen and oxygen atoms in total. The van der Waals surface area contributed by atoms with Gasteiger partial charge in [0.2, 0.25) is 5.91 Å². The number of hydrogen-bond acceptors (Lipinski definition) is 6. The summed E-state index contributed by atoms with van der Waals surface area (Å²) in [4.78, 5) is 21.2. The molecule has 3 aliphatic rings. The molecule has 1 unspecified atom stereocenters. The van der Waals surface area contributed by atoms with Crippen molar-refractivity contribution in [1.82, 2.24) is 14.7 Å². The average Bonchev–Trinajstić information content (AvgIpc) is 3.48. The normalized spacial score (nSPS) is 22.0. The Balaban J connectivity index is 1.29. The Morgan fingerprint density at radius 1 is 0.909 bits per heavy atom. The Kier molecular flexibility index (Phi) is 11.5. The van der Waals surface area contributed by atoms with Crippen molar-refractivity contribution in [2.24, 2.45) is 0 Å². The van der Waals surface area contributed by atoms with Crippen molar-refractivity contribution < 1.29 is 19.0 Å². The van der Waals surface area contributed by atoms with Crippen LogP contribution in [0.15, 0.2) is 42.5 Å². The summed E-state index contributed by atoms with van der Waals surface area (Å²) in [6.07, 6.45) is 9.15. The minimum absolute atomic E-state index is 0.103. The minimum Gasteiger partial charge on any atom is -0.491 e. The fraction of sp³-hybridized carbons (Fsp3) is 0.649. The van der Waals surface area contributed by atoms with E-state index in [0.717, 1.165) is 61.3 Å². The van der Waals surface area contributed by atoms with E-state index in [9.17, 15) is 4.79 Å². The van der Waals surface area contributed by atoms with Crippen molar-refractivity contribution in [2.75, 3.05) is 59.0 Å². The van der Waals surface area contributed by atoms with Crippen LogP contribution in [0.5, 0.6) is 17.2 Å². The Morgan fingerprint density at radius 2 is 1.66 bits per heavy atom. The number of nitrogens with zero attached hydrogens (tertiary/aromatic N) is 3. The van der Waals surface area contributed by atoms with Gasteiger partial charge in [0, 0.05) is 24.5 Å². The number of rotatable bonds is 13. The van der Waals surface area contributed by atoms with E-state index in [-0.39, 0.29) is 17.4 Å². The summed E-state index contributed by atoms with van der Waals surface area (Å²) >= 11 is 0. The molecular weight excluding hydrogens is 550 g/mol. The first-order valence-corrected chi connectivity index (χ1v) is 17.3. The van der Waals surface area contributed by atoms with Gasteiger partial charge < -0.3 is 28.9 Å². The van der Waals surface area contributed by atoms with Crippen molar-refractivity contribution in [3.63, 3.8) is 0 Å². The van der Waals surface area contributed by atoms with Crippen LogP contribution >= 0.6 is 0 Å². The van der Waals surface area contributed by atoms with Gasteiger partial charge in [0.25, 0.3) is 0 Å². The molecule has 3 heterocycles. The first-order chi connectivity index (χ1) is 21.4. The molecule has 242 valence electrons. The van der Waals surface area contributed by atoms with E-state index in [2.05, 4.69) is 32.9 Å². The Hall–Kier alpha value is -2.77. The van der Waals surface area contributed by atoms with Crippen molar-refractivity contribution >= 4 is 5.91 Å². The highest BCUT2D eigenvalue weighted by atomic mass is 16.5. The predicted octanol–water partition coefficient (Wildman–Crippen LogP) is 6.32. The molecular formula is C37H55N3O4. The maximum absolute atomic E-state index is 13.7. The molecule has 3 fully saturated rings. The van der Waals surface area contributed by atoms with Crippen LogP contribution in [0.2, 0.25) is 0 Å². The molecule has 3 aliphatic heterocycles. The first kappa shape index (κ1) is 32.6. The monoisotopic (exact) mass is 605 g/mol. The lowest BCUT2D eigenvalue weighted by Crippen LogP contribution is -2.47. The van der Waals surface area contributed by atoms with Gasteiger partial charge in [-0.1, -0.05) is 24.6 Å². The summed E-state index contributed by atoms with van der Waals surface area (Å²) in [6.45, 7) is 16.7. The lowest BCUT2D eigenvalue weighted by molar-refractivity contribution is -0.129. The summed E-state index contributed by atoms with van der Waals surface area (Å²) in [5.41, 5.74) is 2.15. The van der Waals surface area contributed by atoms with Gasteiger partial charge in [-0.3, -0.25) is 4.79 Å². The number of likely N-dealkylation sites (tertiary alicyclic amines) is 3. The van der Waals surface area contributed by atoms with Gasteiger partial charge in [-0.15, -0.1) is 0 Å². The van der Waals surface area contributed by atoms with E-state index in [1.54, 1.807) is 0 Å². The fourth-order valence-corrected chi connectivity index (χ4v) is 7.50. The van der Waals surface area contributed by atoms with Crippen molar-refractivity contribution in [2.45, 2.75) is 96.6 Å². The summed E-state index contributed by atoms with van der Waals surface area (Å²) < 4.78 is 17.8. The molecule has 1 amide bonds. The van der Waals surface area contributed by atoms with Crippen LogP contribution in [0.3, 0.4) is 0 Å². The number of amides is 1. The average molecular weight is 606 g/mol. The third-order valence-electron chi connectivity index (χ3n) is 9.86. The number of carbonyl (C=O) groups excluding carboxylic acids is 1. The lowest BCUT2D eigenvalue weighted by Gasteiger charge is -2.41. The summed E-state index contributed by atoms with van der Waals surface area (Å²) in [6, 6.07) is 15.2. The molecule has 2 aromatic rings. The molecule has 1 atom stereocenters. The summed E-state index contributed by atoms with van der Waals surface area (Å²) in [7, 11) is 0. The van der Waals surface area contributed by atoms with Gasteiger partial charge in [0.1, 0.15) is 5.75 Å². The molecule has 2 aromatic carbocycles. The zero-order valence-corrected chi connectivity index (χ0v) is 27.7. The molecule has 44 heavy (non-hydrogen) atoms. The molecule has 7 heteroatoms. The standard InChI is InChI=1S/C37H55N3O4/c1-5-42-34-14-13-31(27-35(34)43-6-2)37(17-23-38-21-15-32(16-22-38)39-19-8-7-9-20-39)18-24-40(28-37)36(41)26-30-11-10-12-33(25-30)44-29(3)4/h10-14,25,27,29,32H,5-9,15-24,26,28H2,1-4H3. The Bertz CT molecular complexity index is 1200. The molecule has 0 aliphatic carbocycles. The van der Waals surface area contributed by atoms with Crippen LogP contribution < -0.4 is 14.2 Å². The maximum Gasteiger partial charge on any atom is 0.227 e. The Morgan fingerprint density at radius 3 is 2.39 bits per heavy atom. The largest absolute Gasteiger partial charge is 0.491 e. The maximum atomic E-state index is 13.7. The third kappa shape index (κ3) is 8.28. The number of piperidine rings is 2. The molecule has 0 bridgehead atoms. The predicted molar refractivity (Wildman–Crippen MR) is 177 cm³/mol. The van der Waals surface area contributed by atoms with Gasteiger partial charge >= 0.3 is 0 Å². The van der Waals surface area contributed by atoms with Gasteiger partial charge in [0.05, 0.1) is 25.7 Å². The molecule has 0 spiro atoms. The number of ether oxygens (including phenoxy) is 3. The molecule has 0 saturated carbocycles. The van der Waals surface area contributed by atoms with Gasteiger partial charge in [-0.05, 0) is 134 Å². The van der Waals surface area contributed by atoms with Gasteiger partial charge in [0.15, 0.2) is 11.5 Å². The minimum atomic E-state index is -0.113. The van der Waals surface area contributed by atoms with E-state index >= 15 is 0 Å². The first-order valence-electron chi connectivity index (χ1n) is 17.3. The third-order valence-corrected chi connectivity index (χ3v) is 9.86. The van der Waals surface area contributed by atoms with E-state index < -0.39 is 0 Å². The van der Waals surface area contributed by atoms with Crippen LogP contribution in [0.4, 0.5) is 0 Å². The van der Waals surface area contributed by atoms with Crippen LogP contribution in [0.25, 0.3) is 0 Å². The second-order valence-electron chi connectivity index (χ2n) is 13.3. The quantitative estimate of drug-likeness (QED) is 0.266. The number of benzene rings is 2. The van der Waals surface area contributed by atoms with Crippen molar-refractivity contribution in [1.29, 1.82) is 0 Å². The topological polar surface area (TPSA) is 54.5 Å². The highest BCUT2D eigenvalue weighted by Gasteiger charge is 2.42. The number of carbonyl (C=O) groups is 1. The Labute approximate surface area is 265 Å². The molecule has 5 rings (SSSR count). The zero-order chi connectivity index (χ0) is 30.9. The summed E-state index contributed by atoms with van der Waals surface area (Å²) in [5, 5.41) is 0. The van der Waals surface area contributed by atoms with Crippen molar-refractivity contribution in [3.05, 3.63) is 53.6 Å². The molecule has 0 aromatic heterocycles. The SMILES string of the molecule is CCOc1ccc(C2(CCN3CCC(N4CCCCC4)CC3)CCN(C(=O)Cc3cccc(OC(C)C)c3)C2)cc1OCC. The molecule has 0 N–H and O–H groups in total. The van der Waals surface area contributed by atoms with Crippen LogP contribution in [0.1, 0.15) is 83.8 Å². The van der Waals surface area contributed by atoms with E-state index in [4.69, 9.17) is 14.2 Å². The molecule has 3 saturated heterocycles. The van der Waals surface area contributed by atoms with E-state index in [1.165, 1.54) is 63.8 Å². The van der Waals surface area contributed by atoms with Crippen LogP contribution in [0, 0.1) is 0 Å². The highest BCUT2D eigenvalue weighted by molar-refractivity contribution is 5.79. The second-order valence-corrected chi connectivity index (χ2v) is 13.3. The fourth-order valence-electron chi connectivity index (χ4n) is 7.50. The smallest absolute Gasteiger partial charge is 0.227 e. The van der Waals surface area contributed by atoms with Crippen LogP contribution in [-0.2, 0) is 16.6 Å². The van der Waals surface area contributed by atoms with E-state index in [0.29, 0.717) is 19.6 Å². The summed E-state index contributed by atoms with van der Waals surface area (Å²) in [5.74, 6) is 2.61. The zero-order valence-electron chi connectivity index (χ0n) is 27.7. The van der Waals surface area contributed by atoms with Gasteiger partial charge in [-0.2, -0.15) is 0 Å². The van der Waals surface area contributed by atoms with Gasteiger partial charge in [-0.25, -0.2) is 0 Å². The highest BCUT2D eigenvalue weighted by Crippen LogP contribution is 2.42. The molecule has 0 radical (unpaired) electrons. The van der Waals surface area contributed by atoms with E-state index in [1.807, 2.05) is 52.0 Å². The van der Waals surface area contributed by atoms with Crippen molar-refractivity contribution in [3.8, 4) is 17.2 Å². The number of hydrogen-bond donors (Lipinski definition) is 0. The lowest BCUT2D eigenvalue weighted by atomic mass is 9.76. The second kappa shape index (κ2) is 15.5. The van der Waals surface area contributed by atoms with Crippen LogP contribution in [-0.4, -0.2) is 91.8 Å².